The zero-order chi connectivity index (χ0) is 32.4. The zero-order valence-electron chi connectivity index (χ0n) is 25.8. The predicted octanol–water partition coefficient (Wildman–Crippen LogP) is 7.63. The van der Waals surface area contributed by atoms with Crippen molar-refractivity contribution in [2.24, 2.45) is 5.92 Å². The quantitative estimate of drug-likeness (QED) is 0.232. The largest absolute Gasteiger partial charge is 0.417 e. The van der Waals surface area contributed by atoms with Crippen LogP contribution < -0.4 is 10.6 Å². The van der Waals surface area contributed by atoms with Crippen LogP contribution in [0.15, 0.2) is 73.1 Å². The minimum Gasteiger partial charge on any atom is -0.339 e. The third kappa shape index (κ3) is 7.71. The Morgan fingerprint density at radius 1 is 0.956 bits per heavy atom. The van der Waals surface area contributed by atoms with Crippen molar-refractivity contribution < 1.29 is 22.8 Å². The number of nitrogens with zero attached hydrogens (tertiary/aromatic N) is 4. The number of rotatable bonds is 6. The molecule has 0 saturated carbocycles. The lowest BCUT2D eigenvalue weighted by Gasteiger charge is -2.32. The lowest BCUT2D eigenvalue weighted by Crippen LogP contribution is -2.39. The molecule has 11 heteroatoms. The van der Waals surface area contributed by atoms with Gasteiger partial charge in [0.1, 0.15) is 5.82 Å². The standard InChI is InChI=1S/C34H37F3N6O2/c1-22-8-10-26(11-9-22)43-30(20-29(41-43)33(2,3)4)40-32(45)39-25-7-5-6-24(19-25)18-23-13-16-42(17-14-23)31(44)27-21-38-15-12-28(27)34(35,36)37/h5-12,15,19-21,23H,13-14,16-18H2,1-4H3,(H2,39,40,45). The fraction of sp³-hybridized carbons (Fsp3) is 0.353. The average Bonchev–Trinajstić information content (AvgIpc) is 3.41. The van der Waals surface area contributed by atoms with Crippen molar-refractivity contribution in [2.75, 3.05) is 23.7 Å². The molecule has 236 valence electrons. The van der Waals surface area contributed by atoms with Gasteiger partial charge in [0.25, 0.3) is 5.91 Å². The molecule has 2 aromatic carbocycles. The summed E-state index contributed by atoms with van der Waals surface area (Å²) in [6.45, 7) is 8.93. The summed E-state index contributed by atoms with van der Waals surface area (Å²) in [6.07, 6.45) is -0.558. The maximum atomic E-state index is 13.4. The number of benzene rings is 2. The van der Waals surface area contributed by atoms with Gasteiger partial charge in [0.15, 0.2) is 0 Å². The number of piperidine rings is 1. The van der Waals surface area contributed by atoms with Crippen LogP contribution in [0, 0.1) is 12.8 Å². The summed E-state index contributed by atoms with van der Waals surface area (Å²) in [5.74, 6) is 0.144. The molecule has 45 heavy (non-hydrogen) atoms. The van der Waals surface area contributed by atoms with Crippen molar-refractivity contribution in [1.29, 1.82) is 0 Å². The van der Waals surface area contributed by atoms with Crippen LogP contribution >= 0.6 is 0 Å². The number of aromatic nitrogens is 3. The van der Waals surface area contributed by atoms with E-state index in [1.54, 1.807) is 4.68 Å². The number of alkyl halides is 3. The second kappa shape index (κ2) is 12.7. The van der Waals surface area contributed by atoms with Crippen LogP contribution in [0.1, 0.15) is 66.4 Å². The summed E-state index contributed by atoms with van der Waals surface area (Å²) in [6, 6.07) is 17.8. The molecule has 1 saturated heterocycles. The number of amides is 3. The molecular weight excluding hydrogens is 581 g/mol. The third-order valence-corrected chi connectivity index (χ3v) is 7.97. The van der Waals surface area contributed by atoms with Crippen molar-refractivity contribution in [2.45, 2.75) is 58.5 Å². The number of nitrogens with one attached hydrogen (secondary N) is 2. The third-order valence-electron chi connectivity index (χ3n) is 7.97. The van der Waals surface area contributed by atoms with Gasteiger partial charge in [-0.3, -0.25) is 15.1 Å². The zero-order valence-corrected chi connectivity index (χ0v) is 25.8. The molecule has 2 aromatic heterocycles. The van der Waals surface area contributed by atoms with E-state index in [2.05, 4.69) is 36.4 Å². The summed E-state index contributed by atoms with van der Waals surface area (Å²) in [7, 11) is 0. The molecule has 3 heterocycles. The number of likely N-dealkylation sites (tertiary alicyclic amines) is 1. The number of halogens is 3. The topological polar surface area (TPSA) is 92.2 Å². The molecule has 0 atom stereocenters. The van der Waals surface area contributed by atoms with Crippen LogP contribution in [0.5, 0.6) is 0 Å². The Bertz CT molecular complexity index is 1670. The van der Waals surface area contributed by atoms with E-state index in [1.165, 1.54) is 4.90 Å². The van der Waals surface area contributed by atoms with Gasteiger partial charge < -0.3 is 10.2 Å². The molecule has 5 rings (SSSR count). The molecule has 4 aromatic rings. The first kappa shape index (κ1) is 31.7. The molecule has 0 bridgehead atoms. The second-order valence-corrected chi connectivity index (χ2v) is 12.6. The van der Waals surface area contributed by atoms with Crippen molar-refractivity contribution in [3.05, 3.63) is 101 Å². The van der Waals surface area contributed by atoms with Crippen LogP contribution in [-0.4, -0.2) is 44.7 Å². The summed E-state index contributed by atoms with van der Waals surface area (Å²) in [5, 5.41) is 10.6. The lowest BCUT2D eigenvalue weighted by molar-refractivity contribution is -0.138. The van der Waals surface area contributed by atoms with Gasteiger partial charge in [0.2, 0.25) is 0 Å². The minimum absolute atomic E-state index is 0.217. The number of anilines is 2. The summed E-state index contributed by atoms with van der Waals surface area (Å²) >= 11 is 0. The van der Waals surface area contributed by atoms with Gasteiger partial charge in [0, 0.05) is 42.7 Å². The Kier molecular flexibility index (Phi) is 8.99. The monoisotopic (exact) mass is 618 g/mol. The lowest BCUT2D eigenvalue weighted by atomic mass is 9.89. The van der Waals surface area contributed by atoms with Crippen LogP contribution in [0.25, 0.3) is 5.69 Å². The Morgan fingerprint density at radius 3 is 2.33 bits per heavy atom. The van der Waals surface area contributed by atoms with Gasteiger partial charge in [-0.25, -0.2) is 9.48 Å². The van der Waals surface area contributed by atoms with Gasteiger partial charge in [-0.05, 0) is 68.0 Å². The van der Waals surface area contributed by atoms with E-state index in [4.69, 9.17) is 5.10 Å². The normalized spacial score (nSPS) is 14.3. The molecular formula is C34H37F3N6O2. The number of carbonyl (C=O) groups is 2. The fourth-order valence-electron chi connectivity index (χ4n) is 5.43. The highest BCUT2D eigenvalue weighted by atomic mass is 19.4. The van der Waals surface area contributed by atoms with Crippen LogP contribution in [0.2, 0.25) is 0 Å². The SMILES string of the molecule is Cc1ccc(-n2nc(C(C)(C)C)cc2NC(=O)Nc2cccc(CC3CCN(C(=O)c4cnccc4C(F)(F)F)CC3)c2)cc1. The van der Waals surface area contributed by atoms with E-state index in [0.29, 0.717) is 37.4 Å². The number of urea groups is 1. The number of carbonyl (C=O) groups excluding carboxylic acids is 2. The van der Waals surface area contributed by atoms with Gasteiger partial charge in [0.05, 0.1) is 22.5 Å². The van der Waals surface area contributed by atoms with E-state index in [1.807, 2.05) is 61.5 Å². The summed E-state index contributed by atoms with van der Waals surface area (Å²) < 4.78 is 42.0. The Balaban J connectivity index is 1.20. The van der Waals surface area contributed by atoms with Gasteiger partial charge in [-0.2, -0.15) is 18.3 Å². The number of hydrogen-bond donors (Lipinski definition) is 2. The molecule has 0 aliphatic carbocycles. The summed E-state index contributed by atoms with van der Waals surface area (Å²) in [5.41, 5.74) is 2.85. The first-order valence-corrected chi connectivity index (χ1v) is 14.9. The van der Waals surface area contributed by atoms with E-state index in [0.717, 1.165) is 47.4 Å². The molecule has 0 radical (unpaired) electrons. The first-order valence-electron chi connectivity index (χ1n) is 14.9. The predicted molar refractivity (Wildman–Crippen MR) is 168 cm³/mol. The number of pyridine rings is 1. The molecule has 2 N–H and O–H groups in total. The van der Waals surface area contributed by atoms with Crippen LogP contribution in [-0.2, 0) is 18.0 Å². The molecule has 0 unspecified atom stereocenters. The highest BCUT2D eigenvalue weighted by molar-refractivity contribution is 5.99. The van der Waals surface area contributed by atoms with Gasteiger partial charge >= 0.3 is 12.2 Å². The second-order valence-electron chi connectivity index (χ2n) is 12.6. The highest BCUT2D eigenvalue weighted by Gasteiger charge is 2.37. The molecule has 0 spiro atoms. The average molecular weight is 619 g/mol. The maximum Gasteiger partial charge on any atom is 0.417 e. The van der Waals surface area contributed by atoms with E-state index in [9.17, 15) is 22.8 Å². The van der Waals surface area contributed by atoms with Crippen molar-refractivity contribution in [3.63, 3.8) is 0 Å². The molecule has 3 amide bonds. The van der Waals surface area contributed by atoms with E-state index >= 15 is 0 Å². The highest BCUT2D eigenvalue weighted by Crippen LogP contribution is 2.33. The Morgan fingerprint density at radius 2 is 1.67 bits per heavy atom. The molecule has 1 aliphatic heterocycles. The fourth-order valence-corrected chi connectivity index (χ4v) is 5.43. The van der Waals surface area contributed by atoms with Gasteiger partial charge in [-0.1, -0.05) is 50.6 Å². The van der Waals surface area contributed by atoms with E-state index < -0.39 is 29.2 Å². The number of hydrogen-bond acceptors (Lipinski definition) is 4. The Hall–Kier alpha value is -4.67. The molecule has 1 aliphatic rings. The first-order chi connectivity index (χ1) is 21.3. The Labute approximate surface area is 260 Å². The van der Waals surface area contributed by atoms with Crippen LogP contribution in [0.3, 0.4) is 0 Å². The van der Waals surface area contributed by atoms with Crippen LogP contribution in [0.4, 0.5) is 29.5 Å². The summed E-state index contributed by atoms with van der Waals surface area (Å²) in [4.78, 5) is 31.2. The van der Waals surface area contributed by atoms with Crippen molar-refractivity contribution in [1.82, 2.24) is 19.7 Å². The maximum absolute atomic E-state index is 13.4. The van der Waals surface area contributed by atoms with Crippen molar-refractivity contribution in [3.8, 4) is 5.69 Å². The van der Waals surface area contributed by atoms with Crippen molar-refractivity contribution >= 4 is 23.4 Å². The smallest absolute Gasteiger partial charge is 0.339 e. The van der Waals surface area contributed by atoms with Gasteiger partial charge in [-0.15, -0.1) is 0 Å². The molecule has 1 fully saturated rings. The minimum atomic E-state index is -4.63. The van der Waals surface area contributed by atoms with E-state index in [-0.39, 0.29) is 11.3 Å². The molecule has 8 nitrogen and oxygen atoms in total. The number of aryl methyl sites for hydroxylation is 1.